The molecule has 2 rings (SSSR count). The van der Waals surface area contributed by atoms with Gasteiger partial charge in [0.25, 0.3) is 0 Å². The number of imidazole rings is 1. The minimum Gasteiger partial charge on any atom is -0.321 e. The molecule has 1 saturated carbocycles. The standard InChI is InChI=1S/C10H13ClF3N3/c1-16-8(4-15-9(16)11)5-17(7-2-3-7)6-10(12,13)14/h4,7H,2-3,5-6H2,1H3. The van der Waals surface area contributed by atoms with E-state index in [0.29, 0.717) is 11.0 Å². The quantitative estimate of drug-likeness (QED) is 0.836. The molecule has 0 radical (unpaired) electrons. The van der Waals surface area contributed by atoms with Gasteiger partial charge in [-0.1, -0.05) is 0 Å². The highest BCUT2D eigenvalue weighted by atomic mass is 35.5. The van der Waals surface area contributed by atoms with Gasteiger partial charge in [-0.3, -0.25) is 4.90 Å². The van der Waals surface area contributed by atoms with Crippen LogP contribution in [0.25, 0.3) is 0 Å². The van der Waals surface area contributed by atoms with Crippen molar-refractivity contribution in [3.05, 3.63) is 17.2 Å². The Morgan fingerprint density at radius 1 is 1.53 bits per heavy atom. The van der Waals surface area contributed by atoms with Crippen LogP contribution >= 0.6 is 11.6 Å². The maximum atomic E-state index is 12.4. The summed E-state index contributed by atoms with van der Waals surface area (Å²) in [5.41, 5.74) is 0.700. The molecule has 0 aromatic carbocycles. The van der Waals surface area contributed by atoms with Gasteiger partial charge < -0.3 is 4.57 Å². The topological polar surface area (TPSA) is 21.1 Å². The molecule has 0 amide bonds. The van der Waals surface area contributed by atoms with Gasteiger partial charge in [0.1, 0.15) is 0 Å². The molecule has 17 heavy (non-hydrogen) atoms. The molecule has 0 bridgehead atoms. The molecule has 7 heteroatoms. The normalized spacial score (nSPS) is 16.8. The van der Waals surface area contributed by atoms with Crippen molar-refractivity contribution in [1.29, 1.82) is 0 Å². The SMILES string of the molecule is Cn1c(CN(CC(F)(F)F)C2CC2)cnc1Cl. The number of alkyl halides is 3. The van der Waals surface area contributed by atoms with Gasteiger partial charge in [-0.15, -0.1) is 0 Å². The molecular formula is C10H13ClF3N3. The van der Waals surface area contributed by atoms with E-state index in [1.165, 1.54) is 11.1 Å². The Morgan fingerprint density at radius 2 is 2.18 bits per heavy atom. The van der Waals surface area contributed by atoms with Crippen molar-refractivity contribution >= 4 is 11.6 Å². The van der Waals surface area contributed by atoms with Crippen LogP contribution in [0.2, 0.25) is 5.28 Å². The van der Waals surface area contributed by atoms with Gasteiger partial charge in [-0.25, -0.2) is 4.98 Å². The van der Waals surface area contributed by atoms with Gasteiger partial charge in [0, 0.05) is 19.6 Å². The van der Waals surface area contributed by atoms with Crippen molar-refractivity contribution in [2.45, 2.75) is 31.6 Å². The Labute approximate surface area is 102 Å². The molecule has 1 aromatic heterocycles. The van der Waals surface area contributed by atoms with Gasteiger partial charge in [0.2, 0.25) is 5.28 Å². The fourth-order valence-electron chi connectivity index (χ4n) is 1.76. The molecule has 0 N–H and O–H groups in total. The summed E-state index contributed by atoms with van der Waals surface area (Å²) in [4.78, 5) is 5.30. The second-order valence-corrected chi connectivity index (χ2v) is 4.67. The highest BCUT2D eigenvalue weighted by Gasteiger charge is 2.38. The lowest BCUT2D eigenvalue weighted by molar-refractivity contribution is -0.148. The molecule has 0 unspecified atom stereocenters. The van der Waals surface area contributed by atoms with Gasteiger partial charge >= 0.3 is 6.18 Å². The van der Waals surface area contributed by atoms with Crippen LogP contribution in [-0.4, -0.2) is 33.2 Å². The summed E-state index contributed by atoms with van der Waals surface area (Å²) >= 11 is 5.75. The lowest BCUT2D eigenvalue weighted by Gasteiger charge is -2.23. The predicted molar refractivity (Wildman–Crippen MR) is 57.7 cm³/mol. The van der Waals surface area contributed by atoms with E-state index in [0.717, 1.165) is 12.8 Å². The minimum atomic E-state index is -4.16. The van der Waals surface area contributed by atoms with E-state index >= 15 is 0 Å². The summed E-state index contributed by atoms with van der Waals surface area (Å²) in [7, 11) is 1.70. The third-order valence-corrected chi connectivity index (χ3v) is 3.19. The van der Waals surface area contributed by atoms with Crippen LogP contribution in [-0.2, 0) is 13.6 Å². The smallest absolute Gasteiger partial charge is 0.321 e. The van der Waals surface area contributed by atoms with Gasteiger partial charge in [-0.2, -0.15) is 13.2 Å². The zero-order valence-electron chi connectivity index (χ0n) is 9.34. The van der Waals surface area contributed by atoms with E-state index in [2.05, 4.69) is 4.98 Å². The van der Waals surface area contributed by atoms with E-state index in [-0.39, 0.29) is 12.6 Å². The molecule has 1 aliphatic rings. The lowest BCUT2D eigenvalue weighted by Crippen LogP contribution is -2.35. The Balaban J connectivity index is 2.05. The largest absolute Gasteiger partial charge is 0.401 e. The van der Waals surface area contributed by atoms with E-state index in [1.807, 2.05) is 0 Å². The molecular weight excluding hydrogens is 255 g/mol. The van der Waals surface area contributed by atoms with Crippen molar-refractivity contribution < 1.29 is 13.2 Å². The Hall–Kier alpha value is -0.750. The molecule has 0 spiro atoms. The molecule has 0 aliphatic heterocycles. The zero-order valence-corrected chi connectivity index (χ0v) is 10.1. The minimum absolute atomic E-state index is 0.0466. The molecule has 1 heterocycles. The first-order chi connectivity index (χ1) is 7.87. The van der Waals surface area contributed by atoms with Crippen LogP contribution in [0.3, 0.4) is 0 Å². The first-order valence-electron chi connectivity index (χ1n) is 5.34. The van der Waals surface area contributed by atoms with Crippen LogP contribution < -0.4 is 0 Å². The summed E-state index contributed by atoms with van der Waals surface area (Å²) in [5.74, 6) is 0. The molecule has 0 atom stereocenters. The summed E-state index contributed by atoms with van der Waals surface area (Å²) in [6.45, 7) is -0.638. The highest BCUT2D eigenvalue weighted by molar-refractivity contribution is 6.28. The zero-order chi connectivity index (χ0) is 12.6. The second-order valence-electron chi connectivity index (χ2n) is 4.33. The third-order valence-electron chi connectivity index (χ3n) is 2.84. The number of nitrogens with zero attached hydrogens (tertiary/aromatic N) is 3. The average molecular weight is 268 g/mol. The summed E-state index contributed by atoms with van der Waals surface area (Å²) in [5, 5.41) is 0.294. The summed E-state index contributed by atoms with van der Waals surface area (Å²) < 4.78 is 38.8. The molecule has 96 valence electrons. The number of hydrogen-bond donors (Lipinski definition) is 0. The number of halogens is 4. The highest BCUT2D eigenvalue weighted by Crippen LogP contribution is 2.31. The molecule has 3 nitrogen and oxygen atoms in total. The van der Waals surface area contributed by atoms with Gasteiger partial charge in [0.15, 0.2) is 0 Å². The van der Waals surface area contributed by atoms with Crippen LogP contribution in [0, 0.1) is 0 Å². The Bertz CT molecular complexity index is 398. The molecule has 1 aromatic rings. The van der Waals surface area contributed by atoms with Crippen LogP contribution in [0.5, 0.6) is 0 Å². The second kappa shape index (κ2) is 4.49. The average Bonchev–Trinajstić information content (AvgIpc) is 2.98. The lowest BCUT2D eigenvalue weighted by atomic mass is 10.3. The fraction of sp³-hybridized carbons (Fsp3) is 0.700. The van der Waals surface area contributed by atoms with E-state index in [1.54, 1.807) is 11.6 Å². The third kappa shape index (κ3) is 3.35. The number of aromatic nitrogens is 2. The van der Waals surface area contributed by atoms with E-state index in [9.17, 15) is 13.2 Å². The van der Waals surface area contributed by atoms with Crippen molar-refractivity contribution in [3.8, 4) is 0 Å². The molecule has 0 saturated heterocycles. The summed E-state index contributed by atoms with van der Waals surface area (Å²) in [6.07, 6.45) is -0.970. The molecule has 1 aliphatic carbocycles. The summed E-state index contributed by atoms with van der Waals surface area (Å²) in [6, 6.07) is 0.0466. The predicted octanol–water partition coefficient (Wildman–Crippen LogP) is 2.60. The van der Waals surface area contributed by atoms with Crippen molar-refractivity contribution in [3.63, 3.8) is 0 Å². The number of rotatable bonds is 4. The monoisotopic (exact) mass is 267 g/mol. The Morgan fingerprint density at radius 3 is 2.59 bits per heavy atom. The maximum Gasteiger partial charge on any atom is 0.401 e. The van der Waals surface area contributed by atoms with Gasteiger partial charge in [-0.05, 0) is 24.4 Å². The van der Waals surface area contributed by atoms with Crippen LogP contribution in [0.4, 0.5) is 13.2 Å². The number of hydrogen-bond acceptors (Lipinski definition) is 2. The maximum absolute atomic E-state index is 12.4. The Kier molecular flexibility index (Phi) is 3.36. The first kappa shape index (κ1) is 12.7. The van der Waals surface area contributed by atoms with Crippen molar-refractivity contribution in [2.24, 2.45) is 7.05 Å². The van der Waals surface area contributed by atoms with E-state index < -0.39 is 12.7 Å². The van der Waals surface area contributed by atoms with Crippen molar-refractivity contribution in [1.82, 2.24) is 14.5 Å². The van der Waals surface area contributed by atoms with E-state index in [4.69, 9.17) is 11.6 Å². The van der Waals surface area contributed by atoms with Crippen LogP contribution in [0.1, 0.15) is 18.5 Å². The first-order valence-corrected chi connectivity index (χ1v) is 5.71. The van der Waals surface area contributed by atoms with Crippen molar-refractivity contribution in [2.75, 3.05) is 6.54 Å². The van der Waals surface area contributed by atoms with Crippen LogP contribution in [0.15, 0.2) is 6.20 Å². The fourth-order valence-corrected chi connectivity index (χ4v) is 1.92. The van der Waals surface area contributed by atoms with Gasteiger partial charge in [0.05, 0.1) is 18.4 Å². The molecule has 1 fully saturated rings.